The van der Waals surface area contributed by atoms with Crippen molar-refractivity contribution in [1.82, 2.24) is 4.98 Å². The fourth-order valence-electron chi connectivity index (χ4n) is 2.38. The first-order chi connectivity index (χ1) is 9.70. The number of carbonyl (C=O) groups is 1. The van der Waals surface area contributed by atoms with E-state index in [1.54, 1.807) is 6.20 Å². The summed E-state index contributed by atoms with van der Waals surface area (Å²) in [4.78, 5) is 18.7. The number of pyridine rings is 1. The highest BCUT2D eigenvalue weighted by Crippen LogP contribution is 2.26. The fourth-order valence-corrected chi connectivity index (χ4v) is 2.38. The van der Waals surface area contributed by atoms with E-state index >= 15 is 0 Å². The Kier molecular flexibility index (Phi) is 5.35. The van der Waals surface area contributed by atoms with Gasteiger partial charge in [-0.2, -0.15) is 0 Å². The van der Waals surface area contributed by atoms with Crippen LogP contribution in [0.2, 0.25) is 0 Å². The molecular weight excluding hydrogens is 252 g/mol. The van der Waals surface area contributed by atoms with Crippen molar-refractivity contribution in [1.29, 1.82) is 0 Å². The summed E-state index contributed by atoms with van der Waals surface area (Å²) in [6.07, 6.45) is 5.49. The molecule has 1 aliphatic rings. The second kappa shape index (κ2) is 7.24. The molecule has 1 saturated heterocycles. The third kappa shape index (κ3) is 3.93. The van der Waals surface area contributed by atoms with Crippen LogP contribution in [-0.2, 0) is 4.79 Å². The van der Waals surface area contributed by atoms with Gasteiger partial charge in [0.15, 0.2) is 5.82 Å². The lowest BCUT2D eigenvalue weighted by molar-refractivity contribution is -0.116. The van der Waals surface area contributed by atoms with Crippen LogP contribution in [0.1, 0.15) is 32.6 Å². The quantitative estimate of drug-likeness (QED) is 0.833. The lowest BCUT2D eigenvalue weighted by Crippen LogP contribution is -2.22. The molecule has 110 valence electrons. The molecule has 1 amide bonds. The highest BCUT2D eigenvalue weighted by Gasteiger charge is 2.17. The van der Waals surface area contributed by atoms with E-state index in [2.05, 4.69) is 22.1 Å². The summed E-state index contributed by atoms with van der Waals surface area (Å²) >= 11 is 0. The third-order valence-electron chi connectivity index (χ3n) is 3.73. The minimum Gasteiger partial charge on any atom is -0.355 e. The first kappa shape index (κ1) is 14.8. The second-order valence-electron chi connectivity index (χ2n) is 5.50. The van der Waals surface area contributed by atoms with Crippen molar-refractivity contribution < 1.29 is 4.79 Å². The van der Waals surface area contributed by atoms with Crippen LogP contribution < -0.4 is 16.0 Å². The smallest absolute Gasteiger partial charge is 0.224 e. The zero-order valence-electron chi connectivity index (χ0n) is 12.1. The minimum absolute atomic E-state index is 0.0405. The first-order valence-electron chi connectivity index (χ1n) is 7.40. The number of hydrogen-bond donors (Lipinski definition) is 2. The molecule has 1 unspecified atom stereocenters. The van der Waals surface area contributed by atoms with Gasteiger partial charge >= 0.3 is 0 Å². The predicted molar refractivity (Wildman–Crippen MR) is 81.8 cm³/mol. The van der Waals surface area contributed by atoms with Gasteiger partial charge in [-0.05, 0) is 43.9 Å². The number of nitrogens with two attached hydrogens (primary N) is 1. The highest BCUT2D eigenvalue weighted by atomic mass is 16.1. The SMILES string of the molecule is CC(CN)CCC(=O)Nc1cccnc1N1CCCC1. The molecule has 2 rings (SSSR count). The van der Waals surface area contributed by atoms with Crippen LogP contribution in [0, 0.1) is 5.92 Å². The van der Waals surface area contributed by atoms with Crippen molar-refractivity contribution in [2.24, 2.45) is 11.7 Å². The molecule has 0 radical (unpaired) electrons. The summed E-state index contributed by atoms with van der Waals surface area (Å²) in [5.41, 5.74) is 6.39. The monoisotopic (exact) mass is 276 g/mol. The number of carbonyl (C=O) groups excluding carboxylic acids is 1. The second-order valence-corrected chi connectivity index (χ2v) is 5.50. The van der Waals surface area contributed by atoms with Gasteiger partial charge in [0.25, 0.3) is 0 Å². The molecule has 3 N–H and O–H groups in total. The van der Waals surface area contributed by atoms with Crippen LogP contribution in [0.3, 0.4) is 0 Å². The van der Waals surface area contributed by atoms with E-state index in [1.165, 1.54) is 12.8 Å². The lowest BCUT2D eigenvalue weighted by Gasteiger charge is -2.20. The van der Waals surface area contributed by atoms with Gasteiger partial charge in [-0.25, -0.2) is 4.98 Å². The number of anilines is 2. The van der Waals surface area contributed by atoms with E-state index in [0.29, 0.717) is 18.9 Å². The largest absolute Gasteiger partial charge is 0.355 e. The van der Waals surface area contributed by atoms with Gasteiger partial charge < -0.3 is 16.0 Å². The molecular formula is C15H24N4O. The summed E-state index contributed by atoms with van der Waals surface area (Å²) < 4.78 is 0. The molecule has 1 fully saturated rings. The molecule has 0 aliphatic carbocycles. The number of aromatic nitrogens is 1. The van der Waals surface area contributed by atoms with Crippen molar-refractivity contribution in [3.63, 3.8) is 0 Å². The first-order valence-corrected chi connectivity index (χ1v) is 7.40. The topological polar surface area (TPSA) is 71.2 Å². The van der Waals surface area contributed by atoms with Gasteiger partial charge in [0.1, 0.15) is 0 Å². The highest BCUT2D eigenvalue weighted by molar-refractivity contribution is 5.93. The zero-order valence-corrected chi connectivity index (χ0v) is 12.1. The van der Waals surface area contributed by atoms with Gasteiger partial charge in [0.2, 0.25) is 5.91 Å². The van der Waals surface area contributed by atoms with Gasteiger partial charge in [0, 0.05) is 25.7 Å². The summed E-state index contributed by atoms with van der Waals surface area (Å²) in [5.74, 6) is 1.32. The Bertz CT molecular complexity index is 443. The lowest BCUT2D eigenvalue weighted by atomic mass is 10.1. The van der Waals surface area contributed by atoms with Crippen molar-refractivity contribution in [3.8, 4) is 0 Å². The molecule has 0 saturated carbocycles. The molecule has 1 aromatic rings. The normalized spacial score (nSPS) is 16.2. The van der Waals surface area contributed by atoms with E-state index in [0.717, 1.165) is 31.0 Å². The third-order valence-corrected chi connectivity index (χ3v) is 3.73. The fraction of sp³-hybridized carbons (Fsp3) is 0.600. The Hall–Kier alpha value is -1.62. The summed E-state index contributed by atoms with van der Waals surface area (Å²) in [7, 11) is 0. The summed E-state index contributed by atoms with van der Waals surface area (Å²) in [5, 5.41) is 2.98. The molecule has 0 spiro atoms. The van der Waals surface area contributed by atoms with Gasteiger partial charge in [0.05, 0.1) is 5.69 Å². The Labute approximate surface area is 120 Å². The van der Waals surface area contributed by atoms with E-state index in [9.17, 15) is 4.79 Å². The van der Waals surface area contributed by atoms with Crippen molar-refractivity contribution >= 4 is 17.4 Å². The average Bonchev–Trinajstić information content (AvgIpc) is 2.99. The number of nitrogens with zero attached hydrogens (tertiary/aromatic N) is 2. The van der Waals surface area contributed by atoms with Crippen LogP contribution >= 0.6 is 0 Å². The Morgan fingerprint density at radius 2 is 2.25 bits per heavy atom. The predicted octanol–water partition coefficient (Wildman–Crippen LogP) is 2.00. The van der Waals surface area contributed by atoms with Gasteiger partial charge in [-0.1, -0.05) is 6.92 Å². The van der Waals surface area contributed by atoms with E-state index < -0.39 is 0 Å². The minimum atomic E-state index is 0.0405. The number of rotatable bonds is 6. The molecule has 5 nitrogen and oxygen atoms in total. The van der Waals surface area contributed by atoms with Crippen LogP contribution in [0.15, 0.2) is 18.3 Å². The Morgan fingerprint density at radius 3 is 2.95 bits per heavy atom. The standard InChI is InChI=1S/C15H24N4O/c1-12(11-16)6-7-14(20)18-13-5-4-8-17-15(13)19-9-2-3-10-19/h4-5,8,12H,2-3,6-7,9-11,16H2,1H3,(H,18,20). The van der Waals surface area contributed by atoms with Crippen LogP contribution in [-0.4, -0.2) is 30.5 Å². The Morgan fingerprint density at radius 1 is 1.50 bits per heavy atom. The van der Waals surface area contributed by atoms with Crippen molar-refractivity contribution in [3.05, 3.63) is 18.3 Å². The van der Waals surface area contributed by atoms with Crippen LogP contribution in [0.4, 0.5) is 11.5 Å². The maximum atomic E-state index is 12.0. The Balaban J connectivity index is 1.96. The maximum Gasteiger partial charge on any atom is 0.224 e. The summed E-state index contributed by atoms with van der Waals surface area (Å²) in [6.45, 7) is 4.72. The molecule has 2 heterocycles. The zero-order chi connectivity index (χ0) is 14.4. The molecule has 0 bridgehead atoms. The average molecular weight is 276 g/mol. The van der Waals surface area contributed by atoms with Gasteiger partial charge in [-0.3, -0.25) is 4.79 Å². The molecule has 1 atom stereocenters. The summed E-state index contributed by atoms with van der Waals surface area (Å²) in [6, 6.07) is 3.78. The van der Waals surface area contributed by atoms with Crippen LogP contribution in [0.5, 0.6) is 0 Å². The maximum absolute atomic E-state index is 12.0. The molecule has 1 aliphatic heterocycles. The van der Waals surface area contributed by atoms with Crippen LogP contribution in [0.25, 0.3) is 0 Å². The van der Waals surface area contributed by atoms with Crippen molar-refractivity contribution in [2.45, 2.75) is 32.6 Å². The van der Waals surface area contributed by atoms with Crippen molar-refractivity contribution in [2.75, 3.05) is 29.9 Å². The van der Waals surface area contributed by atoms with E-state index in [-0.39, 0.29) is 5.91 Å². The number of nitrogens with one attached hydrogen (secondary N) is 1. The number of hydrogen-bond acceptors (Lipinski definition) is 4. The molecule has 5 heteroatoms. The molecule has 1 aromatic heterocycles. The number of amides is 1. The van der Waals surface area contributed by atoms with E-state index in [4.69, 9.17) is 5.73 Å². The molecule has 0 aromatic carbocycles. The molecule has 20 heavy (non-hydrogen) atoms. The van der Waals surface area contributed by atoms with Gasteiger partial charge in [-0.15, -0.1) is 0 Å². The van der Waals surface area contributed by atoms with E-state index in [1.807, 2.05) is 12.1 Å².